The zero-order chi connectivity index (χ0) is 13.9. The first-order valence-corrected chi connectivity index (χ1v) is 5.63. The van der Waals surface area contributed by atoms with Gasteiger partial charge in [-0.15, -0.1) is 0 Å². The molecule has 0 aliphatic rings. The van der Waals surface area contributed by atoms with E-state index in [9.17, 15) is 14.3 Å². The van der Waals surface area contributed by atoms with Crippen molar-refractivity contribution < 1.29 is 28.5 Å². The van der Waals surface area contributed by atoms with Crippen molar-refractivity contribution in [3.05, 3.63) is 21.9 Å². The number of benzene rings is 1. The van der Waals surface area contributed by atoms with Crippen molar-refractivity contribution in [2.24, 2.45) is 0 Å². The Hall–Kier alpha value is -1.34. The summed E-state index contributed by atoms with van der Waals surface area (Å²) in [6.07, 6.45) is -1.64. The molecule has 0 aliphatic carbocycles. The fourth-order valence-corrected chi connectivity index (χ4v) is 2.02. The maximum atomic E-state index is 14.0. The van der Waals surface area contributed by atoms with E-state index in [1.807, 2.05) is 0 Å². The van der Waals surface area contributed by atoms with Gasteiger partial charge in [0.15, 0.2) is 17.6 Å². The summed E-state index contributed by atoms with van der Waals surface area (Å²) in [4.78, 5) is 11.3. The van der Waals surface area contributed by atoms with Gasteiger partial charge in [0.1, 0.15) is 0 Å². The first kappa shape index (κ1) is 14.7. The molecule has 0 saturated carbocycles. The highest BCUT2D eigenvalue weighted by atomic mass is 79.9. The third kappa shape index (κ3) is 2.56. The molecule has 7 heteroatoms. The zero-order valence-electron chi connectivity index (χ0n) is 9.99. The van der Waals surface area contributed by atoms with Gasteiger partial charge >= 0.3 is 5.97 Å². The molecule has 100 valence electrons. The maximum absolute atomic E-state index is 14.0. The minimum Gasteiger partial charge on any atom is -0.493 e. The van der Waals surface area contributed by atoms with Crippen molar-refractivity contribution in [2.75, 3.05) is 21.3 Å². The molecule has 0 amide bonds. The topological polar surface area (TPSA) is 65.0 Å². The molecule has 0 aromatic heterocycles. The Bertz CT molecular complexity index is 463. The Morgan fingerprint density at radius 1 is 1.33 bits per heavy atom. The molecular formula is C11H12BrFO5. The summed E-state index contributed by atoms with van der Waals surface area (Å²) < 4.78 is 28.3. The van der Waals surface area contributed by atoms with Crippen LogP contribution in [0, 0.1) is 5.82 Å². The fraction of sp³-hybridized carbons (Fsp3) is 0.364. The predicted molar refractivity (Wildman–Crippen MR) is 64.2 cm³/mol. The number of aliphatic hydroxyl groups excluding tert-OH is 1. The van der Waals surface area contributed by atoms with Crippen LogP contribution in [0.3, 0.4) is 0 Å². The summed E-state index contributed by atoms with van der Waals surface area (Å²) in [6.45, 7) is 0. The number of carbonyl (C=O) groups is 1. The minimum atomic E-state index is -1.64. The van der Waals surface area contributed by atoms with Crippen LogP contribution in [0.15, 0.2) is 10.5 Å². The molecule has 1 N–H and O–H groups in total. The summed E-state index contributed by atoms with van der Waals surface area (Å²) in [5, 5.41) is 9.73. The average molecular weight is 323 g/mol. The third-order valence-electron chi connectivity index (χ3n) is 2.29. The molecule has 0 fully saturated rings. The first-order valence-electron chi connectivity index (χ1n) is 4.83. The van der Waals surface area contributed by atoms with Crippen molar-refractivity contribution in [2.45, 2.75) is 6.10 Å². The monoisotopic (exact) mass is 322 g/mol. The van der Waals surface area contributed by atoms with E-state index in [1.54, 1.807) is 0 Å². The Morgan fingerprint density at radius 3 is 2.33 bits per heavy atom. The molecule has 1 atom stereocenters. The SMILES string of the molecule is COC(=O)C(O)c1cc(Br)c(OC)c(F)c1OC. The van der Waals surface area contributed by atoms with Crippen LogP contribution in [0.1, 0.15) is 11.7 Å². The number of hydrogen-bond donors (Lipinski definition) is 1. The normalized spacial score (nSPS) is 11.9. The van der Waals surface area contributed by atoms with E-state index in [1.165, 1.54) is 20.3 Å². The molecule has 1 aromatic rings. The number of esters is 1. The lowest BCUT2D eigenvalue weighted by atomic mass is 10.1. The smallest absolute Gasteiger partial charge is 0.339 e. The van der Waals surface area contributed by atoms with E-state index in [2.05, 4.69) is 20.7 Å². The van der Waals surface area contributed by atoms with E-state index in [4.69, 9.17) is 9.47 Å². The summed E-state index contributed by atoms with van der Waals surface area (Å²) in [5.41, 5.74) is -0.0467. The largest absolute Gasteiger partial charge is 0.493 e. The lowest BCUT2D eigenvalue weighted by molar-refractivity contribution is -0.150. The summed E-state index contributed by atoms with van der Waals surface area (Å²) >= 11 is 3.08. The number of rotatable bonds is 4. The van der Waals surface area contributed by atoms with Crippen molar-refractivity contribution in [3.8, 4) is 11.5 Å². The standard InChI is InChI=1S/C11H12BrFO5/c1-16-9-5(8(14)11(15)18-3)4-6(12)10(17-2)7(9)13/h4,8,14H,1-3H3. The average Bonchev–Trinajstić information content (AvgIpc) is 2.36. The van der Waals surface area contributed by atoms with Gasteiger partial charge in [-0.1, -0.05) is 0 Å². The van der Waals surface area contributed by atoms with Gasteiger partial charge in [0, 0.05) is 5.56 Å². The molecule has 5 nitrogen and oxygen atoms in total. The lowest BCUT2D eigenvalue weighted by Crippen LogP contribution is -2.15. The highest BCUT2D eigenvalue weighted by Gasteiger charge is 2.27. The Balaban J connectivity index is 3.41. The van der Waals surface area contributed by atoms with E-state index >= 15 is 0 Å². The second kappa shape index (κ2) is 6.01. The van der Waals surface area contributed by atoms with Crippen molar-refractivity contribution >= 4 is 21.9 Å². The number of ether oxygens (including phenoxy) is 3. The van der Waals surface area contributed by atoms with Gasteiger partial charge in [0.05, 0.1) is 25.8 Å². The fourth-order valence-electron chi connectivity index (χ4n) is 1.44. The molecule has 1 unspecified atom stereocenters. The summed E-state index contributed by atoms with van der Waals surface area (Å²) in [6, 6.07) is 1.34. The molecule has 0 heterocycles. The van der Waals surface area contributed by atoms with E-state index in [0.29, 0.717) is 0 Å². The number of carbonyl (C=O) groups excluding carboxylic acids is 1. The lowest BCUT2D eigenvalue weighted by Gasteiger charge is -2.16. The molecule has 1 aromatic carbocycles. The second-order valence-electron chi connectivity index (χ2n) is 3.25. The number of aliphatic hydroxyl groups is 1. The molecular weight excluding hydrogens is 311 g/mol. The molecule has 0 spiro atoms. The molecule has 0 bridgehead atoms. The van der Waals surface area contributed by atoms with Crippen molar-refractivity contribution in [1.29, 1.82) is 0 Å². The number of hydrogen-bond acceptors (Lipinski definition) is 5. The summed E-state index contributed by atoms with van der Waals surface area (Å²) in [5.74, 6) is -2.07. The van der Waals surface area contributed by atoms with Gasteiger partial charge < -0.3 is 19.3 Å². The quantitative estimate of drug-likeness (QED) is 0.856. The van der Waals surface area contributed by atoms with Crippen molar-refractivity contribution in [1.82, 2.24) is 0 Å². The van der Waals surface area contributed by atoms with Crippen LogP contribution < -0.4 is 9.47 Å². The highest BCUT2D eigenvalue weighted by molar-refractivity contribution is 9.10. The highest BCUT2D eigenvalue weighted by Crippen LogP contribution is 2.39. The van der Waals surface area contributed by atoms with Gasteiger partial charge in [-0.05, 0) is 22.0 Å². The minimum absolute atomic E-state index is 0.0467. The van der Waals surface area contributed by atoms with E-state index in [-0.39, 0.29) is 21.5 Å². The van der Waals surface area contributed by atoms with Crippen LogP contribution in [0.2, 0.25) is 0 Å². The van der Waals surface area contributed by atoms with Crippen LogP contribution in [-0.4, -0.2) is 32.4 Å². The molecule has 0 aliphatic heterocycles. The van der Waals surface area contributed by atoms with Crippen LogP contribution in [0.4, 0.5) is 4.39 Å². The first-order chi connectivity index (χ1) is 8.47. The van der Waals surface area contributed by atoms with Gasteiger partial charge in [-0.25, -0.2) is 4.79 Å². The maximum Gasteiger partial charge on any atom is 0.339 e. The predicted octanol–water partition coefficient (Wildman–Crippen LogP) is 1.81. The molecule has 1 rings (SSSR count). The second-order valence-corrected chi connectivity index (χ2v) is 4.11. The molecule has 0 radical (unpaired) electrons. The van der Waals surface area contributed by atoms with Crippen LogP contribution in [0.25, 0.3) is 0 Å². The van der Waals surface area contributed by atoms with Gasteiger partial charge in [0.25, 0.3) is 0 Å². The Morgan fingerprint density at radius 2 is 1.89 bits per heavy atom. The van der Waals surface area contributed by atoms with E-state index < -0.39 is 17.9 Å². The van der Waals surface area contributed by atoms with Crippen LogP contribution >= 0.6 is 15.9 Å². The molecule has 18 heavy (non-hydrogen) atoms. The third-order valence-corrected chi connectivity index (χ3v) is 2.88. The van der Waals surface area contributed by atoms with Crippen LogP contribution in [-0.2, 0) is 9.53 Å². The van der Waals surface area contributed by atoms with Gasteiger partial charge in [-0.2, -0.15) is 4.39 Å². The number of halogens is 2. The van der Waals surface area contributed by atoms with Crippen LogP contribution in [0.5, 0.6) is 11.5 Å². The Labute approximate surface area is 112 Å². The van der Waals surface area contributed by atoms with Crippen molar-refractivity contribution in [3.63, 3.8) is 0 Å². The van der Waals surface area contributed by atoms with Gasteiger partial charge in [0.2, 0.25) is 5.82 Å². The number of methoxy groups -OCH3 is 3. The van der Waals surface area contributed by atoms with Gasteiger partial charge in [-0.3, -0.25) is 0 Å². The zero-order valence-corrected chi connectivity index (χ0v) is 11.6. The Kier molecular flexibility index (Phi) is 4.92. The molecule has 0 saturated heterocycles. The van der Waals surface area contributed by atoms with E-state index in [0.717, 1.165) is 7.11 Å². The summed E-state index contributed by atoms with van der Waals surface area (Å²) in [7, 11) is 3.63.